The van der Waals surface area contributed by atoms with Crippen molar-refractivity contribution in [2.24, 2.45) is 0 Å². The maximum absolute atomic E-state index is 5.78. The van der Waals surface area contributed by atoms with Crippen LogP contribution in [0.15, 0.2) is 18.2 Å². The predicted molar refractivity (Wildman–Crippen MR) is 75.6 cm³/mol. The van der Waals surface area contributed by atoms with Crippen LogP contribution in [0.25, 0.3) is 0 Å². The van der Waals surface area contributed by atoms with Gasteiger partial charge in [-0.2, -0.15) is 0 Å². The first-order chi connectivity index (χ1) is 8.87. The summed E-state index contributed by atoms with van der Waals surface area (Å²) in [6.45, 7) is 12.4. The zero-order chi connectivity index (χ0) is 14.1. The average Bonchev–Trinajstić information content (AvgIpc) is 2.77. The van der Waals surface area contributed by atoms with Crippen LogP contribution in [0.1, 0.15) is 45.7 Å². The molecule has 1 heterocycles. The summed E-state index contributed by atoms with van der Waals surface area (Å²) in [6, 6.07) is 6.29. The summed E-state index contributed by atoms with van der Waals surface area (Å²) in [5.74, 6) is 0.158. The largest absolute Gasteiger partial charge is 0.493 e. The lowest BCUT2D eigenvalue weighted by atomic mass is 9.85. The first-order valence-electron chi connectivity index (χ1n) is 6.92. The van der Waals surface area contributed by atoms with E-state index in [0.717, 1.165) is 11.3 Å². The van der Waals surface area contributed by atoms with E-state index in [-0.39, 0.29) is 5.41 Å². The van der Waals surface area contributed by atoms with Crippen LogP contribution in [0.4, 0.5) is 0 Å². The normalized spacial score (nSPS) is 18.6. The van der Waals surface area contributed by atoms with E-state index in [1.165, 1.54) is 5.56 Å². The minimum atomic E-state index is -0.689. The molecule has 0 radical (unpaired) electrons. The summed E-state index contributed by atoms with van der Waals surface area (Å²) >= 11 is 0. The average molecular weight is 264 g/mol. The number of benzene rings is 1. The van der Waals surface area contributed by atoms with Gasteiger partial charge in [-0.3, -0.25) is 0 Å². The van der Waals surface area contributed by atoms with Gasteiger partial charge in [-0.1, -0.05) is 26.8 Å². The molecular formula is C16H24O3. The molecule has 19 heavy (non-hydrogen) atoms. The smallest absolute Gasteiger partial charge is 0.195 e. The molecule has 1 aromatic carbocycles. The van der Waals surface area contributed by atoms with Crippen molar-refractivity contribution < 1.29 is 14.2 Å². The van der Waals surface area contributed by atoms with E-state index in [0.29, 0.717) is 19.8 Å². The maximum atomic E-state index is 5.78. The lowest BCUT2D eigenvalue weighted by Gasteiger charge is -2.28. The second kappa shape index (κ2) is 5.14. The van der Waals surface area contributed by atoms with Gasteiger partial charge in [0.15, 0.2) is 5.79 Å². The second-order valence-corrected chi connectivity index (χ2v) is 6.04. The fourth-order valence-electron chi connectivity index (χ4n) is 2.30. The molecule has 3 nitrogen and oxygen atoms in total. The summed E-state index contributed by atoms with van der Waals surface area (Å²) in [7, 11) is 0. The summed E-state index contributed by atoms with van der Waals surface area (Å²) in [6.07, 6.45) is 0. The van der Waals surface area contributed by atoms with Gasteiger partial charge < -0.3 is 14.2 Å². The molecule has 1 aromatic rings. The van der Waals surface area contributed by atoms with Gasteiger partial charge in [0.1, 0.15) is 5.75 Å². The second-order valence-electron chi connectivity index (χ2n) is 6.04. The quantitative estimate of drug-likeness (QED) is 0.835. The number of hydrogen-bond donors (Lipinski definition) is 0. The van der Waals surface area contributed by atoms with Crippen LogP contribution < -0.4 is 4.74 Å². The van der Waals surface area contributed by atoms with E-state index < -0.39 is 5.79 Å². The maximum Gasteiger partial charge on any atom is 0.195 e. The van der Waals surface area contributed by atoms with Crippen LogP contribution >= 0.6 is 0 Å². The summed E-state index contributed by atoms with van der Waals surface area (Å²) in [4.78, 5) is 0. The van der Waals surface area contributed by atoms with E-state index in [4.69, 9.17) is 14.2 Å². The fourth-order valence-corrected chi connectivity index (χ4v) is 2.30. The van der Waals surface area contributed by atoms with E-state index >= 15 is 0 Å². The van der Waals surface area contributed by atoms with Crippen molar-refractivity contribution in [2.75, 3.05) is 19.8 Å². The summed E-state index contributed by atoms with van der Waals surface area (Å²) in [5, 5.41) is 0. The third-order valence-electron chi connectivity index (χ3n) is 3.47. The van der Waals surface area contributed by atoms with Gasteiger partial charge >= 0.3 is 0 Å². The SMILES string of the molecule is CCOc1ccc(C(C)(C)C)cc1C1(C)OCCO1. The Morgan fingerprint density at radius 1 is 1.21 bits per heavy atom. The number of hydrogen-bond acceptors (Lipinski definition) is 3. The first kappa shape index (κ1) is 14.4. The Balaban J connectivity index is 2.47. The molecule has 0 saturated carbocycles. The molecule has 0 unspecified atom stereocenters. The zero-order valence-corrected chi connectivity index (χ0v) is 12.6. The predicted octanol–water partition coefficient (Wildman–Crippen LogP) is 3.60. The Labute approximate surface area is 115 Å². The van der Waals surface area contributed by atoms with Gasteiger partial charge in [0.25, 0.3) is 0 Å². The van der Waals surface area contributed by atoms with E-state index in [2.05, 4.69) is 32.9 Å². The van der Waals surface area contributed by atoms with E-state index in [9.17, 15) is 0 Å². The van der Waals surface area contributed by atoms with Crippen molar-refractivity contribution in [2.45, 2.75) is 45.8 Å². The molecule has 2 rings (SSSR count). The molecule has 0 spiro atoms. The Kier molecular flexibility index (Phi) is 3.88. The highest BCUT2D eigenvalue weighted by Crippen LogP contribution is 2.39. The number of rotatable bonds is 3. The Hall–Kier alpha value is -1.06. The standard InChI is InChI=1S/C16H24O3/c1-6-17-14-8-7-12(15(2,3)4)11-13(14)16(5)18-9-10-19-16/h7-8,11H,6,9-10H2,1-5H3. The minimum absolute atomic E-state index is 0.0917. The zero-order valence-electron chi connectivity index (χ0n) is 12.6. The van der Waals surface area contributed by atoms with Crippen molar-refractivity contribution in [1.29, 1.82) is 0 Å². The van der Waals surface area contributed by atoms with Crippen molar-refractivity contribution in [3.8, 4) is 5.75 Å². The van der Waals surface area contributed by atoms with Gasteiger partial charge in [0.05, 0.1) is 25.4 Å². The molecule has 0 amide bonds. The van der Waals surface area contributed by atoms with Gasteiger partial charge in [-0.05, 0) is 37.0 Å². The van der Waals surface area contributed by atoms with Crippen LogP contribution in [-0.2, 0) is 20.7 Å². The topological polar surface area (TPSA) is 27.7 Å². The third-order valence-corrected chi connectivity index (χ3v) is 3.47. The fraction of sp³-hybridized carbons (Fsp3) is 0.625. The molecule has 1 fully saturated rings. The molecule has 0 aromatic heterocycles. The lowest BCUT2D eigenvalue weighted by molar-refractivity contribution is -0.150. The van der Waals surface area contributed by atoms with Gasteiger partial charge in [-0.15, -0.1) is 0 Å². The van der Waals surface area contributed by atoms with Crippen LogP contribution in [0, 0.1) is 0 Å². The highest BCUT2D eigenvalue weighted by atomic mass is 16.7. The summed E-state index contributed by atoms with van der Waals surface area (Å²) < 4.78 is 17.3. The molecule has 1 aliphatic rings. The van der Waals surface area contributed by atoms with Crippen molar-refractivity contribution in [3.05, 3.63) is 29.3 Å². The van der Waals surface area contributed by atoms with Crippen LogP contribution in [0.3, 0.4) is 0 Å². The van der Waals surface area contributed by atoms with Gasteiger partial charge in [0, 0.05) is 0 Å². The van der Waals surface area contributed by atoms with Crippen LogP contribution in [0.5, 0.6) is 5.75 Å². The van der Waals surface area contributed by atoms with Gasteiger partial charge in [-0.25, -0.2) is 0 Å². The van der Waals surface area contributed by atoms with Crippen molar-refractivity contribution in [3.63, 3.8) is 0 Å². The molecule has 3 heteroatoms. The molecule has 1 saturated heterocycles. The van der Waals surface area contributed by atoms with Crippen molar-refractivity contribution in [1.82, 2.24) is 0 Å². The van der Waals surface area contributed by atoms with Crippen LogP contribution in [0.2, 0.25) is 0 Å². The van der Waals surface area contributed by atoms with Crippen molar-refractivity contribution >= 4 is 0 Å². The Bertz CT molecular complexity index is 440. The number of ether oxygens (including phenoxy) is 3. The molecule has 0 atom stereocenters. The molecule has 106 valence electrons. The third kappa shape index (κ3) is 2.93. The Morgan fingerprint density at radius 3 is 2.37 bits per heavy atom. The highest BCUT2D eigenvalue weighted by molar-refractivity contribution is 5.42. The molecule has 0 aliphatic carbocycles. The minimum Gasteiger partial charge on any atom is -0.493 e. The monoisotopic (exact) mass is 264 g/mol. The molecule has 0 N–H and O–H groups in total. The van der Waals surface area contributed by atoms with Crippen LogP contribution in [-0.4, -0.2) is 19.8 Å². The summed E-state index contributed by atoms with van der Waals surface area (Å²) in [5.41, 5.74) is 2.33. The highest BCUT2D eigenvalue weighted by Gasteiger charge is 2.36. The Morgan fingerprint density at radius 2 is 1.84 bits per heavy atom. The van der Waals surface area contributed by atoms with E-state index in [1.807, 2.05) is 19.9 Å². The lowest BCUT2D eigenvalue weighted by Crippen LogP contribution is -2.24. The molecule has 1 aliphatic heterocycles. The van der Waals surface area contributed by atoms with E-state index in [1.54, 1.807) is 0 Å². The van der Waals surface area contributed by atoms with Gasteiger partial charge in [0.2, 0.25) is 0 Å². The molecular weight excluding hydrogens is 240 g/mol. The first-order valence-corrected chi connectivity index (χ1v) is 6.92. The molecule has 0 bridgehead atoms.